The molecule has 0 aliphatic carbocycles. The third-order valence-corrected chi connectivity index (χ3v) is 2.90. The van der Waals surface area contributed by atoms with E-state index in [1.165, 1.54) is 4.90 Å². The quantitative estimate of drug-likeness (QED) is 0.798. The third-order valence-electron chi connectivity index (χ3n) is 2.90. The van der Waals surface area contributed by atoms with Gasteiger partial charge in [-0.25, -0.2) is 4.79 Å². The summed E-state index contributed by atoms with van der Waals surface area (Å²) in [7, 11) is 1.59. The van der Waals surface area contributed by atoms with Crippen LogP contribution in [0.5, 0.6) is 0 Å². The molecule has 1 heterocycles. The summed E-state index contributed by atoms with van der Waals surface area (Å²) in [4.78, 5) is 12.6. The van der Waals surface area contributed by atoms with E-state index in [4.69, 9.17) is 4.74 Å². The molecule has 0 aromatic heterocycles. The van der Waals surface area contributed by atoms with Crippen molar-refractivity contribution in [2.24, 2.45) is 5.92 Å². The highest BCUT2D eigenvalue weighted by Gasteiger charge is 2.26. The van der Waals surface area contributed by atoms with Crippen LogP contribution >= 0.6 is 0 Å². The molecule has 1 aliphatic rings. The number of anilines is 1. The molecule has 0 fully saturated rings. The SMILES string of the molecule is COC=CC1Cc2ccccc2N(C(=O)O)C1. The fourth-order valence-corrected chi connectivity index (χ4v) is 2.13. The van der Waals surface area contributed by atoms with E-state index < -0.39 is 6.09 Å². The van der Waals surface area contributed by atoms with Crippen LogP contribution in [0.1, 0.15) is 5.56 Å². The molecule has 0 bridgehead atoms. The summed E-state index contributed by atoms with van der Waals surface area (Å²) in [5.74, 6) is 0.168. The van der Waals surface area contributed by atoms with Gasteiger partial charge in [-0.05, 0) is 24.1 Å². The van der Waals surface area contributed by atoms with Crippen LogP contribution < -0.4 is 4.90 Å². The summed E-state index contributed by atoms with van der Waals surface area (Å²) in [6, 6.07) is 7.61. The highest BCUT2D eigenvalue weighted by Crippen LogP contribution is 2.30. The number of carbonyl (C=O) groups is 1. The van der Waals surface area contributed by atoms with Crippen LogP contribution in [-0.2, 0) is 11.2 Å². The number of para-hydroxylation sites is 1. The predicted octanol–water partition coefficient (Wildman–Crippen LogP) is 2.50. The largest absolute Gasteiger partial charge is 0.505 e. The Morgan fingerprint density at radius 3 is 3.00 bits per heavy atom. The van der Waals surface area contributed by atoms with Crippen LogP contribution in [-0.4, -0.2) is 24.9 Å². The molecule has 1 aliphatic heterocycles. The summed E-state index contributed by atoms with van der Waals surface area (Å²) in [6.07, 6.45) is 3.46. The van der Waals surface area contributed by atoms with Gasteiger partial charge < -0.3 is 9.84 Å². The molecular formula is C13H15NO3. The molecule has 1 aromatic carbocycles. The highest BCUT2D eigenvalue weighted by atomic mass is 16.5. The van der Waals surface area contributed by atoms with Crippen LogP contribution in [0.4, 0.5) is 10.5 Å². The van der Waals surface area contributed by atoms with Crippen LogP contribution in [0.25, 0.3) is 0 Å². The maximum absolute atomic E-state index is 11.2. The van der Waals surface area contributed by atoms with Gasteiger partial charge in [0.2, 0.25) is 0 Å². The van der Waals surface area contributed by atoms with E-state index >= 15 is 0 Å². The van der Waals surface area contributed by atoms with Gasteiger partial charge in [-0.1, -0.05) is 18.2 Å². The molecule has 1 N–H and O–H groups in total. The van der Waals surface area contributed by atoms with Crippen molar-refractivity contribution in [2.75, 3.05) is 18.6 Å². The summed E-state index contributed by atoms with van der Waals surface area (Å²) in [6.45, 7) is 0.478. The number of ether oxygens (including phenoxy) is 1. The van der Waals surface area contributed by atoms with Gasteiger partial charge in [-0.3, -0.25) is 4.90 Å². The average molecular weight is 233 g/mol. The molecule has 4 nitrogen and oxygen atoms in total. The van der Waals surface area contributed by atoms with E-state index in [0.717, 1.165) is 17.7 Å². The zero-order valence-corrected chi connectivity index (χ0v) is 9.67. The summed E-state index contributed by atoms with van der Waals surface area (Å²) in [5, 5.41) is 9.20. The number of benzene rings is 1. The second-order valence-electron chi connectivity index (χ2n) is 4.05. The van der Waals surface area contributed by atoms with Crippen molar-refractivity contribution in [1.29, 1.82) is 0 Å². The van der Waals surface area contributed by atoms with Gasteiger partial charge in [0.15, 0.2) is 0 Å². The van der Waals surface area contributed by atoms with E-state index in [9.17, 15) is 9.90 Å². The molecule has 0 spiro atoms. The zero-order chi connectivity index (χ0) is 12.3. The second-order valence-corrected chi connectivity index (χ2v) is 4.05. The number of methoxy groups -OCH3 is 1. The summed E-state index contributed by atoms with van der Waals surface area (Å²) >= 11 is 0. The van der Waals surface area contributed by atoms with E-state index in [1.807, 2.05) is 30.3 Å². The third kappa shape index (κ3) is 2.41. The van der Waals surface area contributed by atoms with Crippen LogP contribution in [0.15, 0.2) is 36.6 Å². The normalized spacial score (nSPS) is 19.1. The molecule has 17 heavy (non-hydrogen) atoms. The molecule has 0 radical (unpaired) electrons. The number of hydrogen-bond acceptors (Lipinski definition) is 2. The second kappa shape index (κ2) is 4.91. The molecule has 1 atom stereocenters. The van der Waals surface area contributed by atoms with Gasteiger partial charge in [0.05, 0.1) is 19.1 Å². The minimum Gasteiger partial charge on any atom is -0.505 e. The Bertz CT molecular complexity index is 442. The maximum atomic E-state index is 11.2. The molecule has 90 valence electrons. The smallest absolute Gasteiger partial charge is 0.411 e. The molecule has 4 heteroatoms. The molecule has 2 rings (SSSR count). The van der Waals surface area contributed by atoms with E-state index in [1.54, 1.807) is 13.4 Å². The fraction of sp³-hybridized carbons (Fsp3) is 0.308. The summed E-state index contributed by atoms with van der Waals surface area (Å²) < 4.78 is 4.88. The average Bonchev–Trinajstić information content (AvgIpc) is 2.35. The van der Waals surface area contributed by atoms with Gasteiger partial charge in [-0.2, -0.15) is 0 Å². The molecule has 0 saturated carbocycles. The Morgan fingerprint density at radius 1 is 1.53 bits per heavy atom. The zero-order valence-electron chi connectivity index (χ0n) is 9.67. The van der Waals surface area contributed by atoms with Gasteiger partial charge in [0.1, 0.15) is 0 Å². The standard InChI is InChI=1S/C13H15NO3/c1-17-7-6-10-8-11-4-2-3-5-12(11)14(9-10)13(15)16/h2-7,10H,8-9H2,1H3,(H,15,16). The van der Waals surface area contributed by atoms with Crippen molar-refractivity contribution in [1.82, 2.24) is 0 Å². The fourth-order valence-electron chi connectivity index (χ4n) is 2.13. The number of nitrogens with zero attached hydrogens (tertiary/aromatic N) is 1. The first-order valence-corrected chi connectivity index (χ1v) is 5.50. The lowest BCUT2D eigenvalue weighted by molar-refractivity contribution is 0.200. The van der Waals surface area contributed by atoms with Crippen LogP contribution in [0, 0.1) is 5.92 Å². The lowest BCUT2D eigenvalue weighted by Crippen LogP contribution is -2.38. The lowest BCUT2D eigenvalue weighted by atomic mass is 9.93. The van der Waals surface area contributed by atoms with E-state index in [-0.39, 0.29) is 5.92 Å². The lowest BCUT2D eigenvalue weighted by Gasteiger charge is -2.31. The van der Waals surface area contributed by atoms with Gasteiger partial charge >= 0.3 is 6.09 Å². The Hall–Kier alpha value is -1.97. The molecule has 1 unspecified atom stereocenters. The molecule has 1 amide bonds. The van der Waals surface area contributed by atoms with Crippen molar-refractivity contribution in [3.05, 3.63) is 42.2 Å². The minimum atomic E-state index is -0.909. The predicted molar refractivity (Wildman–Crippen MR) is 65.2 cm³/mol. The van der Waals surface area contributed by atoms with Crippen molar-refractivity contribution in [3.63, 3.8) is 0 Å². The van der Waals surface area contributed by atoms with Crippen molar-refractivity contribution in [3.8, 4) is 0 Å². The number of amides is 1. The first kappa shape index (κ1) is 11.5. The van der Waals surface area contributed by atoms with E-state index in [0.29, 0.717) is 6.54 Å². The Kier molecular flexibility index (Phi) is 3.32. The molecule has 0 saturated heterocycles. The summed E-state index contributed by atoms with van der Waals surface area (Å²) in [5.41, 5.74) is 1.86. The Balaban J connectivity index is 2.29. The number of hydrogen-bond donors (Lipinski definition) is 1. The Morgan fingerprint density at radius 2 is 2.29 bits per heavy atom. The van der Waals surface area contributed by atoms with Crippen molar-refractivity contribution >= 4 is 11.8 Å². The first-order chi connectivity index (χ1) is 8.22. The van der Waals surface area contributed by atoms with Crippen molar-refractivity contribution in [2.45, 2.75) is 6.42 Å². The van der Waals surface area contributed by atoms with Crippen LogP contribution in [0.2, 0.25) is 0 Å². The van der Waals surface area contributed by atoms with Gasteiger partial charge in [-0.15, -0.1) is 0 Å². The highest BCUT2D eigenvalue weighted by molar-refractivity contribution is 5.87. The maximum Gasteiger partial charge on any atom is 0.411 e. The molecule has 1 aromatic rings. The minimum absolute atomic E-state index is 0.168. The first-order valence-electron chi connectivity index (χ1n) is 5.50. The number of rotatable bonds is 2. The van der Waals surface area contributed by atoms with E-state index in [2.05, 4.69) is 0 Å². The van der Waals surface area contributed by atoms with Gasteiger partial charge in [0, 0.05) is 12.5 Å². The number of carboxylic acid groups (broad SMARTS) is 1. The Labute approximate surface area is 100 Å². The van der Waals surface area contributed by atoms with Crippen molar-refractivity contribution < 1.29 is 14.6 Å². The monoisotopic (exact) mass is 233 g/mol. The van der Waals surface area contributed by atoms with Crippen LogP contribution in [0.3, 0.4) is 0 Å². The number of fused-ring (bicyclic) bond motifs is 1. The topological polar surface area (TPSA) is 49.8 Å². The van der Waals surface area contributed by atoms with Gasteiger partial charge in [0.25, 0.3) is 0 Å². The molecular weight excluding hydrogens is 218 g/mol.